The van der Waals surface area contributed by atoms with Crippen molar-refractivity contribution in [2.24, 2.45) is 0 Å². The van der Waals surface area contributed by atoms with Crippen LogP contribution >= 0.6 is 0 Å². The Balaban J connectivity index is 2.54. The van der Waals surface area contributed by atoms with Crippen LogP contribution in [0.3, 0.4) is 0 Å². The Hall–Kier alpha value is -1.55. The third-order valence-corrected chi connectivity index (χ3v) is 3.59. The number of carbonyl (C=O) groups excluding carboxylic acids is 1. The summed E-state index contributed by atoms with van der Waals surface area (Å²) in [5, 5.41) is 15.0. The second-order valence-electron chi connectivity index (χ2n) is 5.69. The minimum atomic E-state index is -0.205. The van der Waals surface area contributed by atoms with Gasteiger partial charge in [-0.05, 0) is 32.3 Å². The Bertz CT molecular complexity index is 404. The van der Waals surface area contributed by atoms with E-state index in [-0.39, 0.29) is 24.1 Å². The highest BCUT2D eigenvalue weighted by molar-refractivity contribution is 5.74. The Labute approximate surface area is 121 Å². The van der Waals surface area contributed by atoms with Crippen molar-refractivity contribution in [2.45, 2.75) is 45.1 Å². The number of hydrogen-bond acceptors (Lipinski definition) is 2. The van der Waals surface area contributed by atoms with E-state index in [2.05, 4.69) is 10.6 Å². The molecule has 112 valence electrons. The first kappa shape index (κ1) is 16.5. The average Bonchev–Trinajstić information content (AvgIpc) is 2.44. The molecule has 1 rings (SSSR count). The van der Waals surface area contributed by atoms with Gasteiger partial charge in [0.1, 0.15) is 0 Å². The lowest BCUT2D eigenvalue weighted by atomic mass is 9.96. The lowest BCUT2D eigenvalue weighted by Gasteiger charge is -2.25. The zero-order valence-electron chi connectivity index (χ0n) is 12.6. The molecule has 1 unspecified atom stereocenters. The average molecular weight is 278 g/mol. The van der Waals surface area contributed by atoms with Gasteiger partial charge in [-0.1, -0.05) is 37.3 Å². The molecular formula is C16H26N2O2. The first-order valence-corrected chi connectivity index (χ1v) is 7.20. The van der Waals surface area contributed by atoms with Crippen LogP contribution in [-0.2, 0) is 0 Å². The SMILES string of the molecule is CCC(C)(C)NC(=O)NCC(CCO)c1ccccc1. The summed E-state index contributed by atoms with van der Waals surface area (Å²) >= 11 is 0. The van der Waals surface area contributed by atoms with E-state index in [4.69, 9.17) is 5.11 Å². The van der Waals surface area contributed by atoms with Gasteiger partial charge in [0, 0.05) is 24.6 Å². The lowest BCUT2D eigenvalue weighted by molar-refractivity contribution is 0.226. The van der Waals surface area contributed by atoms with Crippen LogP contribution in [0.25, 0.3) is 0 Å². The van der Waals surface area contributed by atoms with E-state index < -0.39 is 0 Å². The number of benzene rings is 1. The summed E-state index contributed by atoms with van der Waals surface area (Å²) in [6.45, 7) is 6.67. The summed E-state index contributed by atoms with van der Waals surface area (Å²) in [4.78, 5) is 11.9. The number of aliphatic hydroxyl groups is 1. The van der Waals surface area contributed by atoms with Crippen molar-refractivity contribution in [1.29, 1.82) is 0 Å². The highest BCUT2D eigenvalue weighted by atomic mass is 16.3. The summed E-state index contributed by atoms with van der Waals surface area (Å²) in [6.07, 6.45) is 1.51. The first-order valence-electron chi connectivity index (χ1n) is 7.20. The van der Waals surface area contributed by atoms with Crippen LogP contribution in [0.2, 0.25) is 0 Å². The summed E-state index contributed by atoms with van der Waals surface area (Å²) in [6, 6.07) is 9.80. The molecule has 1 atom stereocenters. The first-order chi connectivity index (χ1) is 9.48. The quantitative estimate of drug-likeness (QED) is 0.718. The molecule has 1 aromatic carbocycles. The molecule has 4 heteroatoms. The van der Waals surface area contributed by atoms with Gasteiger partial charge in [0.15, 0.2) is 0 Å². The van der Waals surface area contributed by atoms with Gasteiger partial charge in [0.05, 0.1) is 0 Å². The smallest absolute Gasteiger partial charge is 0.315 e. The maximum absolute atomic E-state index is 11.9. The third-order valence-electron chi connectivity index (χ3n) is 3.59. The Morgan fingerprint density at radius 1 is 1.30 bits per heavy atom. The summed E-state index contributed by atoms with van der Waals surface area (Å²) < 4.78 is 0. The van der Waals surface area contributed by atoms with Gasteiger partial charge in [-0.3, -0.25) is 0 Å². The van der Waals surface area contributed by atoms with Gasteiger partial charge < -0.3 is 15.7 Å². The van der Waals surface area contributed by atoms with E-state index in [1.54, 1.807) is 0 Å². The fourth-order valence-corrected chi connectivity index (χ4v) is 1.92. The van der Waals surface area contributed by atoms with Gasteiger partial charge in [-0.25, -0.2) is 4.79 Å². The van der Waals surface area contributed by atoms with Crippen LogP contribution in [0.5, 0.6) is 0 Å². The van der Waals surface area contributed by atoms with Gasteiger partial charge in [-0.2, -0.15) is 0 Å². The minimum Gasteiger partial charge on any atom is -0.396 e. The molecule has 0 aliphatic heterocycles. The molecule has 0 bridgehead atoms. The van der Waals surface area contributed by atoms with E-state index in [0.717, 1.165) is 12.0 Å². The molecule has 0 aliphatic rings. The molecule has 4 nitrogen and oxygen atoms in total. The Morgan fingerprint density at radius 2 is 1.95 bits per heavy atom. The number of nitrogens with one attached hydrogen (secondary N) is 2. The highest BCUT2D eigenvalue weighted by Gasteiger charge is 2.18. The molecule has 0 aromatic heterocycles. The predicted octanol–water partition coefficient (Wildman–Crippen LogP) is 2.64. The lowest BCUT2D eigenvalue weighted by Crippen LogP contribution is -2.48. The normalized spacial score (nSPS) is 12.8. The maximum Gasteiger partial charge on any atom is 0.315 e. The number of carbonyl (C=O) groups is 1. The topological polar surface area (TPSA) is 61.4 Å². The van der Waals surface area contributed by atoms with Crippen LogP contribution in [0, 0.1) is 0 Å². The summed E-state index contributed by atoms with van der Waals surface area (Å²) in [5.74, 6) is 0.136. The second kappa shape index (κ2) is 7.90. The van der Waals surface area contributed by atoms with Crippen molar-refractivity contribution >= 4 is 6.03 Å². The predicted molar refractivity (Wildman–Crippen MR) is 81.8 cm³/mol. The third kappa shape index (κ3) is 5.61. The van der Waals surface area contributed by atoms with Crippen molar-refractivity contribution in [3.63, 3.8) is 0 Å². The van der Waals surface area contributed by atoms with Crippen LogP contribution in [0.1, 0.15) is 45.1 Å². The molecule has 3 N–H and O–H groups in total. The molecule has 0 spiro atoms. The maximum atomic E-state index is 11.9. The van der Waals surface area contributed by atoms with Crippen LogP contribution in [-0.4, -0.2) is 29.8 Å². The zero-order chi connectivity index (χ0) is 15.0. The van der Waals surface area contributed by atoms with Crippen LogP contribution < -0.4 is 10.6 Å². The van der Waals surface area contributed by atoms with E-state index in [0.29, 0.717) is 13.0 Å². The minimum absolute atomic E-state index is 0.114. The molecule has 0 fully saturated rings. The molecule has 0 aliphatic carbocycles. The molecule has 0 heterocycles. The molecule has 2 amide bonds. The van der Waals surface area contributed by atoms with Gasteiger partial charge in [0.2, 0.25) is 0 Å². The van der Waals surface area contributed by atoms with Gasteiger partial charge in [0.25, 0.3) is 0 Å². The molecular weight excluding hydrogens is 252 g/mol. The summed E-state index contributed by atoms with van der Waals surface area (Å²) in [5.41, 5.74) is 0.931. The van der Waals surface area contributed by atoms with E-state index in [1.165, 1.54) is 0 Å². The molecule has 0 saturated heterocycles. The van der Waals surface area contributed by atoms with Crippen molar-refractivity contribution in [2.75, 3.05) is 13.2 Å². The fraction of sp³-hybridized carbons (Fsp3) is 0.562. The molecule has 0 radical (unpaired) electrons. The largest absolute Gasteiger partial charge is 0.396 e. The van der Waals surface area contributed by atoms with Crippen molar-refractivity contribution in [3.8, 4) is 0 Å². The Kier molecular flexibility index (Phi) is 6.52. The number of urea groups is 1. The van der Waals surface area contributed by atoms with E-state index >= 15 is 0 Å². The number of aliphatic hydroxyl groups excluding tert-OH is 1. The zero-order valence-corrected chi connectivity index (χ0v) is 12.6. The second-order valence-corrected chi connectivity index (χ2v) is 5.69. The van der Waals surface area contributed by atoms with Gasteiger partial charge in [-0.15, -0.1) is 0 Å². The number of hydrogen-bond donors (Lipinski definition) is 3. The fourth-order valence-electron chi connectivity index (χ4n) is 1.92. The highest BCUT2D eigenvalue weighted by Crippen LogP contribution is 2.18. The standard InChI is InChI=1S/C16H26N2O2/c1-4-16(2,3)18-15(20)17-12-14(10-11-19)13-8-6-5-7-9-13/h5-9,14,19H,4,10-12H2,1-3H3,(H2,17,18,20). The summed E-state index contributed by atoms with van der Waals surface area (Å²) in [7, 11) is 0. The van der Waals surface area contributed by atoms with Crippen LogP contribution in [0.4, 0.5) is 4.79 Å². The van der Waals surface area contributed by atoms with Gasteiger partial charge >= 0.3 is 6.03 Å². The molecule has 1 aromatic rings. The number of amides is 2. The van der Waals surface area contributed by atoms with Crippen molar-refractivity contribution in [3.05, 3.63) is 35.9 Å². The monoisotopic (exact) mass is 278 g/mol. The number of rotatable bonds is 7. The Morgan fingerprint density at radius 3 is 2.50 bits per heavy atom. The van der Waals surface area contributed by atoms with Crippen molar-refractivity contribution in [1.82, 2.24) is 10.6 Å². The molecule has 20 heavy (non-hydrogen) atoms. The van der Waals surface area contributed by atoms with Crippen molar-refractivity contribution < 1.29 is 9.90 Å². The van der Waals surface area contributed by atoms with E-state index in [9.17, 15) is 4.79 Å². The molecule has 0 saturated carbocycles. The van der Waals surface area contributed by atoms with E-state index in [1.807, 2.05) is 51.1 Å². The van der Waals surface area contributed by atoms with Crippen LogP contribution in [0.15, 0.2) is 30.3 Å².